The van der Waals surface area contributed by atoms with E-state index in [0.29, 0.717) is 34.3 Å². The predicted molar refractivity (Wildman–Crippen MR) is 139 cm³/mol. The maximum absolute atomic E-state index is 12.7. The topological polar surface area (TPSA) is 115 Å². The zero-order chi connectivity index (χ0) is 26.2. The van der Waals surface area contributed by atoms with Crippen LogP contribution in [0.1, 0.15) is 65.8 Å². The monoisotopic (exact) mass is 509 g/mol. The van der Waals surface area contributed by atoms with Crippen molar-refractivity contribution in [3.63, 3.8) is 0 Å². The van der Waals surface area contributed by atoms with Gasteiger partial charge in [-0.2, -0.15) is 0 Å². The fraction of sp³-hybridized carbons (Fsp3) is 0.346. The second kappa shape index (κ2) is 12.3. The van der Waals surface area contributed by atoms with E-state index in [4.69, 9.17) is 4.74 Å². The van der Waals surface area contributed by atoms with Crippen molar-refractivity contribution in [2.24, 2.45) is 0 Å². The van der Waals surface area contributed by atoms with Gasteiger partial charge in [0, 0.05) is 17.8 Å². The van der Waals surface area contributed by atoms with Crippen molar-refractivity contribution >= 4 is 35.2 Å². The Morgan fingerprint density at radius 1 is 1.06 bits per heavy atom. The Balaban J connectivity index is 1.61. The fourth-order valence-corrected chi connectivity index (χ4v) is 4.33. The summed E-state index contributed by atoms with van der Waals surface area (Å²) in [5.74, 6) is -0.161. The number of esters is 1. The number of aromatic nitrogens is 3. The third kappa shape index (κ3) is 6.94. The van der Waals surface area contributed by atoms with Gasteiger partial charge >= 0.3 is 5.97 Å². The SMILES string of the molecule is CCn1c(SCC(=O)Nc2cccc(C(=O)OC(C)C)c2)nnc1[C@@H](C)NC(=O)c1ccccc1C. The highest BCUT2D eigenvalue weighted by Gasteiger charge is 2.21. The van der Waals surface area contributed by atoms with E-state index >= 15 is 0 Å². The number of carbonyl (C=O) groups excluding carboxylic acids is 3. The van der Waals surface area contributed by atoms with Crippen LogP contribution in [0.4, 0.5) is 5.69 Å². The van der Waals surface area contributed by atoms with Crippen molar-refractivity contribution in [1.82, 2.24) is 20.1 Å². The van der Waals surface area contributed by atoms with Crippen LogP contribution >= 0.6 is 11.8 Å². The third-order valence-electron chi connectivity index (χ3n) is 5.24. The lowest BCUT2D eigenvalue weighted by molar-refractivity contribution is -0.113. The molecule has 0 aliphatic heterocycles. The second-order valence-electron chi connectivity index (χ2n) is 8.47. The van der Waals surface area contributed by atoms with Crippen molar-refractivity contribution in [2.75, 3.05) is 11.1 Å². The summed E-state index contributed by atoms with van der Waals surface area (Å²) in [6.45, 7) is 9.83. The molecule has 0 unspecified atom stereocenters. The highest BCUT2D eigenvalue weighted by Crippen LogP contribution is 2.22. The van der Waals surface area contributed by atoms with Crippen LogP contribution in [-0.4, -0.2) is 44.4 Å². The van der Waals surface area contributed by atoms with Crippen LogP contribution in [0.2, 0.25) is 0 Å². The predicted octanol–water partition coefficient (Wildman–Crippen LogP) is 4.39. The molecule has 2 aromatic carbocycles. The summed E-state index contributed by atoms with van der Waals surface area (Å²) in [6.07, 6.45) is -0.230. The molecule has 1 atom stereocenters. The van der Waals surface area contributed by atoms with Gasteiger partial charge in [0.15, 0.2) is 11.0 Å². The molecule has 10 heteroatoms. The van der Waals surface area contributed by atoms with E-state index in [0.717, 1.165) is 5.56 Å². The quantitative estimate of drug-likeness (QED) is 0.308. The summed E-state index contributed by atoms with van der Waals surface area (Å²) in [4.78, 5) is 37.4. The molecule has 36 heavy (non-hydrogen) atoms. The zero-order valence-electron chi connectivity index (χ0n) is 21.1. The molecule has 190 valence electrons. The largest absolute Gasteiger partial charge is 0.459 e. The standard InChI is InChI=1S/C26H31N5O4S/c1-6-31-23(18(5)27-24(33)21-13-8-7-10-17(21)4)29-30-26(31)36-15-22(32)28-20-12-9-11-19(14-20)25(34)35-16(2)3/h7-14,16,18H,6,15H2,1-5H3,(H,27,33)(H,28,32)/t18-/m1/s1. The fourth-order valence-electron chi connectivity index (χ4n) is 3.52. The van der Waals surface area contributed by atoms with Crippen LogP contribution in [0, 0.1) is 6.92 Å². The summed E-state index contributed by atoms with van der Waals surface area (Å²) < 4.78 is 7.08. The maximum Gasteiger partial charge on any atom is 0.338 e. The molecule has 2 amide bonds. The molecule has 1 heterocycles. The van der Waals surface area contributed by atoms with Crippen LogP contribution in [0.15, 0.2) is 53.7 Å². The number of aryl methyl sites for hydroxylation is 1. The van der Waals surface area contributed by atoms with Gasteiger partial charge in [0.25, 0.3) is 5.91 Å². The van der Waals surface area contributed by atoms with Crippen molar-refractivity contribution in [3.8, 4) is 0 Å². The Hall–Kier alpha value is -3.66. The van der Waals surface area contributed by atoms with Gasteiger partial charge < -0.3 is 19.9 Å². The molecule has 0 saturated carbocycles. The highest BCUT2D eigenvalue weighted by molar-refractivity contribution is 7.99. The Bertz CT molecular complexity index is 1240. The van der Waals surface area contributed by atoms with E-state index in [1.165, 1.54) is 11.8 Å². The molecule has 1 aromatic heterocycles. The molecule has 0 spiro atoms. The molecule has 9 nitrogen and oxygen atoms in total. The number of nitrogens with one attached hydrogen (secondary N) is 2. The Morgan fingerprint density at radius 2 is 1.81 bits per heavy atom. The number of hydrogen-bond donors (Lipinski definition) is 2. The molecule has 3 rings (SSSR count). The Kier molecular flexibility index (Phi) is 9.24. The first-order chi connectivity index (χ1) is 17.2. The second-order valence-corrected chi connectivity index (χ2v) is 9.41. The van der Waals surface area contributed by atoms with Gasteiger partial charge in [0.1, 0.15) is 0 Å². The number of benzene rings is 2. The molecule has 3 aromatic rings. The number of thioether (sulfide) groups is 1. The number of ether oxygens (including phenoxy) is 1. The molecule has 0 aliphatic rings. The summed E-state index contributed by atoms with van der Waals surface area (Å²) in [5, 5.41) is 14.8. The minimum atomic E-state index is -0.442. The average Bonchev–Trinajstić information content (AvgIpc) is 3.26. The minimum Gasteiger partial charge on any atom is -0.459 e. The number of hydrogen-bond acceptors (Lipinski definition) is 7. The molecule has 0 saturated heterocycles. The third-order valence-corrected chi connectivity index (χ3v) is 6.21. The lowest BCUT2D eigenvalue weighted by Crippen LogP contribution is -2.29. The number of anilines is 1. The van der Waals surface area contributed by atoms with Gasteiger partial charge in [-0.15, -0.1) is 10.2 Å². The number of carbonyl (C=O) groups is 3. The summed E-state index contributed by atoms with van der Waals surface area (Å²) in [7, 11) is 0. The number of nitrogens with zero attached hydrogens (tertiary/aromatic N) is 3. The maximum atomic E-state index is 12.7. The molecule has 0 fully saturated rings. The molecule has 2 N–H and O–H groups in total. The Labute approximate surface area is 215 Å². The van der Waals surface area contributed by atoms with Gasteiger partial charge in [-0.05, 0) is 64.4 Å². The smallest absolute Gasteiger partial charge is 0.338 e. The normalized spacial score (nSPS) is 11.7. The van der Waals surface area contributed by atoms with Crippen LogP contribution in [-0.2, 0) is 16.1 Å². The van der Waals surface area contributed by atoms with E-state index in [2.05, 4.69) is 20.8 Å². The first-order valence-corrected chi connectivity index (χ1v) is 12.7. The first kappa shape index (κ1) is 26.9. The van der Waals surface area contributed by atoms with E-state index in [1.54, 1.807) is 44.2 Å². The summed E-state index contributed by atoms with van der Waals surface area (Å²) in [6, 6.07) is 13.6. The molecule has 0 aliphatic carbocycles. The van der Waals surface area contributed by atoms with Crippen LogP contribution in [0.3, 0.4) is 0 Å². The lowest BCUT2D eigenvalue weighted by Gasteiger charge is -2.16. The van der Waals surface area contributed by atoms with Crippen molar-refractivity contribution < 1.29 is 19.1 Å². The average molecular weight is 510 g/mol. The van der Waals surface area contributed by atoms with Gasteiger partial charge in [-0.25, -0.2) is 4.79 Å². The minimum absolute atomic E-state index is 0.1000. The highest BCUT2D eigenvalue weighted by atomic mass is 32.2. The van der Waals surface area contributed by atoms with E-state index in [1.807, 2.05) is 43.5 Å². The molecule has 0 bridgehead atoms. The summed E-state index contributed by atoms with van der Waals surface area (Å²) in [5.41, 5.74) is 2.37. The van der Waals surface area contributed by atoms with Crippen LogP contribution < -0.4 is 10.6 Å². The van der Waals surface area contributed by atoms with E-state index in [-0.39, 0.29) is 29.7 Å². The number of rotatable bonds is 10. The van der Waals surface area contributed by atoms with Crippen LogP contribution in [0.5, 0.6) is 0 Å². The van der Waals surface area contributed by atoms with Gasteiger partial charge in [-0.1, -0.05) is 36.0 Å². The first-order valence-electron chi connectivity index (χ1n) is 11.7. The van der Waals surface area contributed by atoms with Gasteiger partial charge in [0.2, 0.25) is 5.91 Å². The van der Waals surface area contributed by atoms with Crippen LogP contribution in [0.25, 0.3) is 0 Å². The van der Waals surface area contributed by atoms with Gasteiger partial charge in [-0.3, -0.25) is 9.59 Å². The Morgan fingerprint density at radius 3 is 2.50 bits per heavy atom. The molecular weight excluding hydrogens is 478 g/mol. The van der Waals surface area contributed by atoms with Gasteiger partial charge in [0.05, 0.1) is 23.5 Å². The zero-order valence-corrected chi connectivity index (χ0v) is 21.9. The van der Waals surface area contributed by atoms with E-state index < -0.39 is 5.97 Å². The lowest BCUT2D eigenvalue weighted by atomic mass is 10.1. The number of amides is 2. The molecular formula is C26H31N5O4S. The van der Waals surface area contributed by atoms with Crippen molar-refractivity contribution in [2.45, 2.75) is 58.5 Å². The van der Waals surface area contributed by atoms with Crippen molar-refractivity contribution in [3.05, 3.63) is 71.0 Å². The van der Waals surface area contributed by atoms with E-state index in [9.17, 15) is 14.4 Å². The van der Waals surface area contributed by atoms with Crippen molar-refractivity contribution in [1.29, 1.82) is 0 Å². The summed E-state index contributed by atoms with van der Waals surface area (Å²) >= 11 is 1.25. The molecule has 0 radical (unpaired) electrons.